The normalized spacial score (nSPS) is 11.5. The number of pyridine rings is 1. The Labute approximate surface area is 224 Å². The van der Waals surface area contributed by atoms with Crippen LogP contribution in [-0.2, 0) is 0 Å². The highest BCUT2D eigenvalue weighted by Gasteiger charge is 2.11. The molecule has 176 valence electrons. The molecule has 5 aromatic carbocycles. The van der Waals surface area contributed by atoms with Crippen molar-refractivity contribution in [2.45, 2.75) is 6.92 Å². The van der Waals surface area contributed by atoms with E-state index in [0.717, 1.165) is 15.4 Å². The maximum absolute atomic E-state index is 6.30. The fraction of sp³-hybridized carbons (Fsp3) is 0.0294. The number of aromatic nitrogens is 1. The summed E-state index contributed by atoms with van der Waals surface area (Å²) in [6.07, 6.45) is 1.87. The van der Waals surface area contributed by atoms with Gasteiger partial charge in [0.25, 0.3) is 0 Å². The molecule has 7 aromatic rings. The fourth-order valence-electron chi connectivity index (χ4n) is 5.21. The summed E-state index contributed by atoms with van der Waals surface area (Å²) in [6.45, 7) is 2.08. The monoisotopic (exact) mass is 511 g/mol. The van der Waals surface area contributed by atoms with E-state index < -0.39 is 0 Å². The van der Waals surface area contributed by atoms with Crippen LogP contribution in [0.25, 0.3) is 64.5 Å². The van der Waals surface area contributed by atoms with Gasteiger partial charge in [0.1, 0.15) is 4.83 Å². The Balaban J connectivity index is 1.23. The molecule has 2 aromatic heterocycles. The van der Waals surface area contributed by atoms with Crippen molar-refractivity contribution in [1.29, 1.82) is 0 Å². The van der Waals surface area contributed by atoms with Crippen LogP contribution in [0, 0.1) is 6.92 Å². The smallest absolute Gasteiger partial charge is 0.124 e. The number of rotatable bonds is 3. The molecule has 7 rings (SSSR count). The summed E-state index contributed by atoms with van der Waals surface area (Å²) in [7, 11) is 0. The van der Waals surface area contributed by atoms with Crippen LogP contribution in [0.15, 0.2) is 115 Å². The van der Waals surface area contributed by atoms with Crippen molar-refractivity contribution in [1.82, 2.24) is 4.98 Å². The van der Waals surface area contributed by atoms with Gasteiger partial charge in [-0.05, 0) is 93.0 Å². The number of halogens is 1. The minimum Gasteiger partial charge on any atom is -0.245 e. The number of nitrogens with zero attached hydrogens (tertiary/aromatic N) is 1. The van der Waals surface area contributed by atoms with Crippen molar-refractivity contribution >= 4 is 54.0 Å². The lowest BCUT2D eigenvalue weighted by molar-refractivity contribution is 1.45. The zero-order valence-electron chi connectivity index (χ0n) is 20.2. The van der Waals surface area contributed by atoms with Gasteiger partial charge in [-0.1, -0.05) is 84.4 Å². The molecule has 0 aliphatic carbocycles. The molecule has 1 nitrogen and oxygen atoms in total. The third-order valence-corrected chi connectivity index (χ3v) is 8.40. The lowest BCUT2D eigenvalue weighted by atomic mass is 9.96. The van der Waals surface area contributed by atoms with Crippen molar-refractivity contribution in [3.63, 3.8) is 0 Å². The van der Waals surface area contributed by atoms with E-state index in [-0.39, 0.29) is 0 Å². The highest BCUT2D eigenvalue weighted by molar-refractivity contribution is 7.26. The molecule has 0 saturated heterocycles. The number of hydrogen-bond acceptors (Lipinski definition) is 2. The summed E-state index contributed by atoms with van der Waals surface area (Å²) in [4.78, 5) is 5.66. The Morgan fingerprint density at radius 1 is 0.595 bits per heavy atom. The lowest BCUT2D eigenvalue weighted by Gasteiger charge is -2.09. The summed E-state index contributed by atoms with van der Waals surface area (Å²) in [6, 6.07) is 39.2. The van der Waals surface area contributed by atoms with Gasteiger partial charge in [-0.3, -0.25) is 0 Å². The molecule has 0 bridgehead atoms. The van der Waals surface area contributed by atoms with Crippen molar-refractivity contribution in [3.05, 3.63) is 126 Å². The van der Waals surface area contributed by atoms with Gasteiger partial charge in [-0.25, -0.2) is 4.98 Å². The first-order valence-electron chi connectivity index (χ1n) is 12.3. The van der Waals surface area contributed by atoms with Gasteiger partial charge in [-0.2, -0.15) is 0 Å². The molecule has 0 aliphatic heterocycles. The quantitative estimate of drug-likeness (QED) is 0.230. The van der Waals surface area contributed by atoms with Crippen LogP contribution in [0.3, 0.4) is 0 Å². The predicted octanol–water partition coefficient (Wildman–Crippen LogP) is 10.6. The van der Waals surface area contributed by atoms with E-state index in [4.69, 9.17) is 11.6 Å². The SMILES string of the molecule is Cc1cc(Cl)cc(-c2ccc3cc(-c4ccc(-c5cccc6c5sc5ncccc56)cc4)ccc3c2)c1. The van der Waals surface area contributed by atoms with E-state index in [2.05, 4.69) is 103 Å². The largest absolute Gasteiger partial charge is 0.245 e. The summed E-state index contributed by atoms with van der Waals surface area (Å²) < 4.78 is 1.29. The number of benzene rings is 5. The van der Waals surface area contributed by atoms with Crippen LogP contribution in [0.1, 0.15) is 5.56 Å². The van der Waals surface area contributed by atoms with Crippen molar-refractivity contribution in [3.8, 4) is 33.4 Å². The molecule has 0 aliphatic rings. The van der Waals surface area contributed by atoms with Crippen LogP contribution in [0.4, 0.5) is 0 Å². The third kappa shape index (κ3) is 3.99. The first-order valence-corrected chi connectivity index (χ1v) is 13.5. The number of aryl methyl sites for hydroxylation is 1. The van der Waals surface area contributed by atoms with Crippen LogP contribution in [-0.4, -0.2) is 4.98 Å². The molecule has 37 heavy (non-hydrogen) atoms. The molecular formula is C34H22ClNS. The van der Waals surface area contributed by atoms with Crippen molar-refractivity contribution in [2.24, 2.45) is 0 Å². The average Bonchev–Trinajstić information content (AvgIpc) is 3.31. The molecule has 2 heterocycles. The summed E-state index contributed by atoms with van der Waals surface area (Å²) in [5.74, 6) is 0. The average molecular weight is 512 g/mol. The minimum atomic E-state index is 0.772. The Bertz CT molecular complexity index is 1930. The number of fused-ring (bicyclic) bond motifs is 4. The van der Waals surface area contributed by atoms with Gasteiger partial charge in [0.2, 0.25) is 0 Å². The third-order valence-electron chi connectivity index (χ3n) is 7.02. The van der Waals surface area contributed by atoms with E-state index in [0.29, 0.717) is 0 Å². The van der Waals surface area contributed by atoms with E-state index in [9.17, 15) is 0 Å². The molecule has 0 saturated carbocycles. The van der Waals surface area contributed by atoms with Crippen molar-refractivity contribution in [2.75, 3.05) is 0 Å². The maximum Gasteiger partial charge on any atom is 0.124 e. The van der Waals surface area contributed by atoms with E-state index in [1.54, 1.807) is 11.3 Å². The van der Waals surface area contributed by atoms with E-state index in [1.165, 1.54) is 59.6 Å². The first-order chi connectivity index (χ1) is 18.1. The van der Waals surface area contributed by atoms with Crippen LogP contribution >= 0.6 is 22.9 Å². The van der Waals surface area contributed by atoms with Crippen LogP contribution in [0.2, 0.25) is 5.02 Å². The van der Waals surface area contributed by atoms with Crippen molar-refractivity contribution < 1.29 is 0 Å². The molecule has 0 atom stereocenters. The van der Waals surface area contributed by atoms with E-state index >= 15 is 0 Å². The zero-order chi connectivity index (χ0) is 24.9. The summed E-state index contributed by atoms with van der Waals surface area (Å²) in [5, 5.41) is 5.73. The van der Waals surface area contributed by atoms with Crippen LogP contribution in [0.5, 0.6) is 0 Å². The lowest BCUT2D eigenvalue weighted by Crippen LogP contribution is -1.84. The minimum absolute atomic E-state index is 0.772. The molecule has 0 radical (unpaired) electrons. The summed E-state index contributed by atoms with van der Waals surface area (Å²) >= 11 is 8.07. The maximum atomic E-state index is 6.30. The van der Waals surface area contributed by atoms with Gasteiger partial charge in [-0.15, -0.1) is 11.3 Å². The molecule has 0 N–H and O–H groups in total. The standard InChI is InChI=1S/C34H22ClNS/c1-21-16-28(20-29(35)17-21)27-14-13-25-18-24(11-12-26(25)19-27)22-7-9-23(10-8-22)30-4-2-5-31-32-6-3-15-36-34(32)37-33(30)31/h2-20H,1H3. The van der Waals surface area contributed by atoms with E-state index in [1.807, 2.05) is 24.4 Å². The Morgan fingerprint density at radius 3 is 2.03 bits per heavy atom. The number of hydrogen-bond donors (Lipinski definition) is 0. The number of thiophene rings is 1. The van der Waals surface area contributed by atoms with Gasteiger partial charge < -0.3 is 0 Å². The molecule has 3 heteroatoms. The second kappa shape index (κ2) is 8.85. The second-order valence-electron chi connectivity index (χ2n) is 9.51. The molecule has 0 amide bonds. The van der Waals surface area contributed by atoms with Crippen LogP contribution < -0.4 is 0 Å². The summed E-state index contributed by atoms with van der Waals surface area (Å²) in [5.41, 5.74) is 8.41. The topological polar surface area (TPSA) is 12.9 Å². The Hall–Kier alpha value is -3.98. The zero-order valence-corrected chi connectivity index (χ0v) is 21.8. The molecule has 0 spiro atoms. The Kier molecular flexibility index (Phi) is 5.32. The van der Waals surface area contributed by atoms with Gasteiger partial charge in [0.15, 0.2) is 0 Å². The molecular weight excluding hydrogens is 490 g/mol. The predicted molar refractivity (Wildman–Crippen MR) is 161 cm³/mol. The first kappa shape index (κ1) is 22.2. The Morgan fingerprint density at radius 2 is 1.27 bits per heavy atom. The van der Waals surface area contributed by atoms with Gasteiger partial charge in [0, 0.05) is 26.7 Å². The highest BCUT2D eigenvalue weighted by atomic mass is 35.5. The second-order valence-corrected chi connectivity index (χ2v) is 10.9. The van der Waals surface area contributed by atoms with Gasteiger partial charge in [0.05, 0.1) is 0 Å². The van der Waals surface area contributed by atoms with Gasteiger partial charge >= 0.3 is 0 Å². The molecule has 0 unspecified atom stereocenters. The molecule has 0 fully saturated rings. The fourth-order valence-corrected chi connectivity index (χ4v) is 6.68. The highest BCUT2D eigenvalue weighted by Crippen LogP contribution is 2.39.